The Bertz CT molecular complexity index is 1240. The van der Waals surface area contributed by atoms with E-state index in [0.29, 0.717) is 0 Å². The summed E-state index contributed by atoms with van der Waals surface area (Å²) in [5.41, 5.74) is 6.83. The molecule has 4 aromatic carbocycles. The maximum atomic E-state index is 9.52. The van der Waals surface area contributed by atoms with Crippen molar-refractivity contribution in [3.05, 3.63) is 97.1 Å². The lowest BCUT2D eigenvalue weighted by atomic mass is 9.88. The summed E-state index contributed by atoms with van der Waals surface area (Å²) in [5, 5.41) is 11.9. The van der Waals surface area contributed by atoms with E-state index in [1.165, 1.54) is 27.4 Å². The van der Waals surface area contributed by atoms with Gasteiger partial charge in [-0.1, -0.05) is 78.3 Å². The third-order valence-electron chi connectivity index (χ3n) is 5.15. The van der Waals surface area contributed by atoms with E-state index in [4.69, 9.17) is 0 Å². The highest BCUT2D eigenvalue weighted by Crippen LogP contribution is 2.32. The van der Waals surface area contributed by atoms with Crippen molar-refractivity contribution < 1.29 is 5.02 Å². The van der Waals surface area contributed by atoms with Crippen molar-refractivity contribution in [3.8, 4) is 16.8 Å². The number of nitrogens with zero attached hydrogens (tertiary/aromatic N) is 1. The third-order valence-corrected chi connectivity index (χ3v) is 5.15. The predicted molar refractivity (Wildman–Crippen MR) is 115 cm³/mol. The van der Waals surface area contributed by atoms with Crippen LogP contribution in [0.15, 0.2) is 97.1 Å². The third kappa shape index (κ3) is 2.64. The molecule has 5 aromatic rings. The highest BCUT2D eigenvalue weighted by molar-refractivity contribution is 6.46. The van der Waals surface area contributed by atoms with Crippen molar-refractivity contribution >= 4 is 34.8 Å². The number of hydrogen-bond acceptors (Lipinski definition) is 1. The molecule has 27 heavy (non-hydrogen) atoms. The van der Waals surface area contributed by atoms with Gasteiger partial charge >= 0.3 is 7.48 Å². The molecule has 1 heterocycles. The first-order chi connectivity index (χ1) is 13.3. The zero-order chi connectivity index (χ0) is 18.2. The summed E-state index contributed by atoms with van der Waals surface area (Å²) in [7, 11) is 0.0568. The zero-order valence-corrected chi connectivity index (χ0v) is 14.8. The first kappa shape index (κ1) is 15.9. The number of rotatable bonds is 3. The summed E-state index contributed by atoms with van der Waals surface area (Å²) in [6.45, 7) is 0. The van der Waals surface area contributed by atoms with Crippen molar-refractivity contribution in [2.45, 2.75) is 0 Å². The van der Waals surface area contributed by atoms with Gasteiger partial charge in [0.2, 0.25) is 0 Å². The second-order valence-corrected chi connectivity index (χ2v) is 6.78. The summed E-state index contributed by atoms with van der Waals surface area (Å²) in [6.07, 6.45) is 0. The van der Waals surface area contributed by atoms with Crippen LogP contribution in [0, 0.1) is 0 Å². The van der Waals surface area contributed by atoms with Gasteiger partial charge in [0.05, 0.1) is 11.0 Å². The Morgan fingerprint density at radius 3 is 2.04 bits per heavy atom. The molecule has 1 aromatic heterocycles. The maximum Gasteiger partial charge on any atom is 0.304 e. The Kier molecular flexibility index (Phi) is 3.81. The number of para-hydroxylation sites is 1. The molecule has 2 nitrogen and oxygen atoms in total. The second kappa shape index (κ2) is 6.46. The first-order valence-corrected chi connectivity index (χ1v) is 9.14. The Balaban J connectivity index is 1.72. The molecule has 5 rings (SSSR count). The predicted octanol–water partition coefficient (Wildman–Crippen LogP) is 4.42. The van der Waals surface area contributed by atoms with E-state index in [-0.39, 0.29) is 7.48 Å². The average molecular weight is 347 g/mol. The highest BCUT2D eigenvalue weighted by Gasteiger charge is 2.12. The SMILES string of the molecule is OBc1ccc2c(c1)c1ccccc1n2-c1ccc(-c2ccccc2)cc1. The summed E-state index contributed by atoms with van der Waals surface area (Å²) in [6, 6.07) is 33.8. The van der Waals surface area contributed by atoms with E-state index < -0.39 is 0 Å². The van der Waals surface area contributed by atoms with Gasteiger partial charge in [0.25, 0.3) is 0 Å². The van der Waals surface area contributed by atoms with Crippen LogP contribution < -0.4 is 5.46 Å². The molecule has 0 aliphatic heterocycles. The van der Waals surface area contributed by atoms with Crippen LogP contribution >= 0.6 is 0 Å². The van der Waals surface area contributed by atoms with Crippen LogP contribution in [0.4, 0.5) is 0 Å². The molecule has 0 atom stereocenters. The maximum absolute atomic E-state index is 9.52. The summed E-state index contributed by atoms with van der Waals surface area (Å²) in [4.78, 5) is 0. The van der Waals surface area contributed by atoms with Crippen LogP contribution in [0.3, 0.4) is 0 Å². The lowest BCUT2D eigenvalue weighted by Gasteiger charge is -2.09. The molecule has 128 valence electrons. The highest BCUT2D eigenvalue weighted by atomic mass is 16.2. The summed E-state index contributed by atoms with van der Waals surface area (Å²) < 4.78 is 2.29. The van der Waals surface area contributed by atoms with Crippen molar-refractivity contribution in [1.29, 1.82) is 0 Å². The van der Waals surface area contributed by atoms with Gasteiger partial charge in [0.15, 0.2) is 0 Å². The molecule has 0 fully saturated rings. The number of fused-ring (bicyclic) bond motifs is 3. The Hall–Kier alpha value is -3.30. The standard InChI is InChI=1S/C24H18BNO/c27-25-19-12-15-24-22(16-19)21-8-4-5-9-23(21)26(24)20-13-10-18(11-14-20)17-6-2-1-3-7-17/h1-16,25,27H. The number of aromatic nitrogens is 1. The molecule has 0 bridgehead atoms. The lowest BCUT2D eigenvalue weighted by molar-refractivity contribution is 0.615. The molecular formula is C24H18BNO. The van der Waals surface area contributed by atoms with E-state index in [1.54, 1.807) is 0 Å². The minimum absolute atomic E-state index is 0.0568. The normalized spacial score (nSPS) is 11.1. The topological polar surface area (TPSA) is 25.2 Å². The van der Waals surface area contributed by atoms with Gasteiger partial charge in [-0.2, -0.15) is 0 Å². The van der Waals surface area contributed by atoms with Crippen LogP contribution in [-0.2, 0) is 0 Å². The van der Waals surface area contributed by atoms with Crippen LogP contribution in [0.25, 0.3) is 38.6 Å². The minimum Gasteiger partial charge on any atom is -0.449 e. The van der Waals surface area contributed by atoms with E-state index in [2.05, 4.69) is 89.5 Å². The number of benzene rings is 4. The molecular weight excluding hydrogens is 329 g/mol. The van der Waals surface area contributed by atoms with Gasteiger partial charge in [0.1, 0.15) is 0 Å². The average Bonchev–Trinajstić information content (AvgIpc) is 3.08. The fourth-order valence-electron chi connectivity index (χ4n) is 3.83. The largest absolute Gasteiger partial charge is 0.449 e. The zero-order valence-electron chi connectivity index (χ0n) is 14.8. The minimum atomic E-state index is 0.0568. The Morgan fingerprint density at radius 2 is 1.26 bits per heavy atom. The van der Waals surface area contributed by atoms with Gasteiger partial charge in [0, 0.05) is 16.5 Å². The van der Waals surface area contributed by atoms with Crippen LogP contribution in [0.2, 0.25) is 0 Å². The van der Waals surface area contributed by atoms with Gasteiger partial charge in [-0.05, 0) is 35.4 Å². The Labute approximate surface area is 158 Å². The molecule has 0 aliphatic rings. The lowest BCUT2D eigenvalue weighted by Crippen LogP contribution is -2.12. The van der Waals surface area contributed by atoms with Crippen molar-refractivity contribution in [2.24, 2.45) is 0 Å². The van der Waals surface area contributed by atoms with Gasteiger partial charge in [-0.3, -0.25) is 0 Å². The molecule has 0 radical (unpaired) electrons. The van der Waals surface area contributed by atoms with Gasteiger partial charge < -0.3 is 9.59 Å². The van der Waals surface area contributed by atoms with E-state index in [0.717, 1.165) is 16.7 Å². The van der Waals surface area contributed by atoms with Crippen molar-refractivity contribution in [2.75, 3.05) is 0 Å². The molecule has 0 amide bonds. The molecule has 3 heteroatoms. The Morgan fingerprint density at radius 1 is 0.593 bits per heavy atom. The molecule has 0 saturated carbocycles. The van der Waals surface area contributed by atoms with Crippen molar-refractivity contribution in [3.63, 3.8) is 0 Å². The van der Waals surface area contributed by atoms with Crippen LogP contribution in [0.1, 0.15) is 0 Å². The first-order valence-electron chi connectivity index (χ1n) is 9.14. The van der Waals surface area contributed by atoms with E-state index in [9.17, 15) is 5.02 Å². The summed E-state index contributed by atoms with van der Waals surface area (Å²) in [5.74, 6) is 0. The van der Waals surface area contributed by atoms with Gasteiger partial charge in [-0.15, -0.1) is 0 Å². The monoisotopic (exact) mass is 347 g/mol. The molecule has 0 spiro atoms. The quantitative estimate of drug-likeness (QED) is 0.480. The molecule has 0 unspecified atom stereocenters. The molecule has 1 N–H and O–H groups in total. The van der Waals surface area contributed by atoms with Gasteiger partial charge in [-0.25, -0.2) is 0 Å². The second-order valence-electron chi connectivity index (χ2n) is 6.78. The van der Waals surface area contributed by atoms with E-state index in [1.807, 2.05) is 12.1 Å². The molecule has 0 saturated heterocycles. The molecule has 0 aliphatic carbocycles. The smallest absolute Gasteiger partial charge is 0.304 e. The summed E-state index contributed by atoms with van der Waals surface area (Å²) >= 11 is 0. The van der Waals surface area contributed by atoms with Crippen LogP contribution in [-0.4, -0.2) is 17.1 Å². The number of hydrogen-bond donors (Lipinski definition) is 1. The van der Waals surface area contributed by atoms with Crippen molar-refractivity contribution in [1.82, 2.24) is 4.57 Å². The van der Waals surface area contributed by atoms with E-state index >= 15 is 0 Å². The fourth-order valence-corrected chi connectivity index (χ4v) is 3.83. The fraction of sp³-hybridized carbons (Fsp3) is 0. The van der Waals surface area contributed by atoms with Crippen LogP contribution in [0.5, 0.6) is 0 Å².